The molecule has 0 aliphatic carbocycles. The second-order valence-electron chi connectivity index (χ2n) is 4.26. The summed E-state index contributed by atoms with van der Waals surface area (Å²) in [5, 5.41) is 0. The highest BCUT2D eigenvalue weighted by atomic mass is 16.7. The third-order valence-corrected chi connectivity index (χ3v) is 2.81. The van der Waals surface area contributed by atoms with E-state index in [9.17, 15) is 9.59 Å². The van der Waals surface area contributed by atoms with Crippen molar-refractivity contribution in [3.63, 3.8) is 0 Å². The highest BCUT2D eigenvalue weighted by molar-refractivity contribution is 5.71. The molecule has 1 heterocycles. The number of ether oxygens (including phenoxy) is 2. The molecule has 0 aromatic carbocycles. The molecule has 4 heteroatoms. The first kappa shape index (κ1) is 13.0. The van der Waals surface area contributed by atoms with Gasteiger partial charge in [-0.15, -0.1) is 0 Å². The molecular formula is C12H20O4. The summed E-state index contributed by atoms with van der Waals surface area (Å²) in [5.41, 5.74) is 0. The van der Waals surface area contributed by atoms with Crippen molar-refractivity contribution in [3.05, 3.63) is 0 Å². The normalized spacial score (nSPS) is 25.0. The fourth-order valence-corrected chi connectivity index (χ4v) is 1.94. The number of hydrogen-bond acceptors (Lipinski definition) is 4. The van der Waals surface area contributed by atoms with Gasteiger partial charge in [-0.3, -0.25) is 9.59 Å². The molecule has 0 N–H and O–H groups in total. The van der Waals surface area contributed by atoms with E-state index in [1.54, 1.807) is 0 Å². The van der Waals surface area contributed by atoms with E-state index in [0.717, 1.165) is 32.1 Å². The summed E-state index contributed by atoms with van der Waals surface area (Å²) in [7, 11) is 0. The maximum Gasteiger partial charge on any atom is 0.308 e. The van der Waals surface area contributed by atoms with Crippen molar-refractivity contribution in [3.8, 4) is 0 Å². The van der Waals surface area contributed by atoms with Crippen LogP contribution < -0.4 is 0 Å². The molecule has 1 fully saturated rings. The molecule has 92 valence electrons. The van der Waals surface area contributed by atoms with Crippen LogP contribution in [0.1, 0.15) is 52.4 Å². The molecule has 0 saturated carbocycles. The molecule has 1 saturated heterocycles. The monoisotopic (exact) mass is 228 g/mol. The summed E-state index contributed by atoms with van der Waals surface area (Å²) in [4.78, 5) is 22.0. The Morgan fingerprint density at radius 3 is 2.88 bits per heavy atom. The minimum Gasteiger partial charge on any atom is -0.425 e. The van der Waals surface area contributed by atoms with Crippen molar-refractivity contribution in [2.75, 3.05) is 0 Å². The minimum atomic E-state index is -0.657. The maximum atomic E-state index is 11.1. The Morgan fingerprint density at radius 2 is 2.25 bits per heavy atom. The summed E-state index contributed by atoms with van der Waals surface area (Å²) in [5.74, 6) is -0.480. The first-order valence-electron chi connectivity index (χ1n) is 6.00. The number of cyclic esters (lactones) is 1. The summed E-state index contributed by atoms with van der Waals surface area (Å²) in [6.07, 6.45) is 4.92. The largest absolute Gasteiger partial charge is 0.425 e. The van der Waals surface area contributed by atoms with Crippen LogP contribution in [0.15, 0.2) is 0 Å². The van der Waals surface area contributed by atoms with Gasteiger partial charge >= 0.3 is 11.9 Å². The molecule has 0 bridgehead atoms. The van der Waals surface area contributed by atoms with Gasteiger partial charge in [0.25, 0.3) is 0 Å². The second kappa shape index (κ2) is 6.51. The van der Waals surface area contributed by atoms with Gasteiger partial charge in [0.15, 0.2) is 0 Å². The average Bonchev–Trinajstić information content (AvgIpc) is 2.20. The molecule has 2 atom stereocenters. The zero-order valence-corrected chi connectivity index (χ0v) is 10.0. The van der Waals surface area contributed by atoms with Gasteiger partial charge in [-0.05, 0) is 12.8 Å². The molecule has 0 amide bonds. The van der Waals surface area contributed by atoms with Crippen LogP contribution >= 0.6 is 0 Å². The summed E-state index contributed by atoms with van der Waals surface area (Å²) in [6, 6.07) is 0. The Bertz CT molecular complexity index is 247. The molecule has 4 nitrogen and oxygen atoms in total. The number of rotatable bonds is 5. The van der Waals surface area contributed by atoms with E-state index in [0.29, 0.717) is 6.42 Å². The Kier molecular flexibility index (Phi) is 5.29. The molecule has 0 aromatic heterocycles. The topological polar surface area (TPSA) is 52.6 Å². The number of carbonyl (C=O) groups is 2. The van der Waals surface area contributed by atoms with E-state index in [1.165, 1.54) is 6.92 Å². The SMILES string of the molecule is CCCCC[C@@H]1CCC(=O)O[C@H]1OC(C)=O. The van der Waals surface area contributed by atoms with Gasteiger partial charge in [0.2, 0.25) is 6.29 Å². The molecule has 1 aliphatic heterocycles. The smallest absolute Gasteiger partial charge is 0.308 e. The zero-order chi connectivity index (χ0) is 12.0. The minimum absolute atomic E-state index is 0.174. The molecule has 0 spiro atoms. The fourth-order valence-electron chi connectivity index (χ4n) is 1.94. The van der Waals surface area contributed by atoms with Crippen LogP contribution in [-0.4, -0.2) is 18.2 Å². The van der Waals surface area contributed by atoms with E-state index in [1.807, 2.05) is 0 Å². The van der Waals surface area contributed by atoms with Crippen LogP contribution in [0.3, 0.4) is 0 Å². The third kappa shape index (κ3) is 4.21. The Balaban J connectivity index is 2.43. The van der Waals surface area contributed by atoms with E-state index < -0.39 is 6.29 Å². The highest BCUT2D eigenvalue weighted by Gasteiger charge is 2.32. The van der Waals surface area contributed by atoms with Crippen LogP contribution in [0.25, 0.3) is 0 Å². The lowest BCUT2D eigenvalue weighted by Crippen LogP contribution is -2.35. The summed E-state index contributed by atoms with van der Waals surface area (Å²) >= 11 is 0. The van der Waals surface area contributed by atoms with E-state index in [4.69, 9.17) is 9.47 Å². The number of carbonyl (C=O) groups excluding carboxylic acids is 2. The molecule has 1 rings (SSSR count). The first-order valence-corrected chi connectivity index (χ1v) is 6.00. The molecular weight excluding hydrogens is 208 g/mol. The van der Waals surface area contributed by atoms with Crippen LogP contribution in [0.2, 0.25) is 0 Å². The molecule has 0 radical (unpaired) electrons. The lowest BCUT2D eigenvalue weighted by Gasteiger charge is -2.30. The molecule has 1 aliphatic rings. The maximum absolute atomic E-state index is 11.1. The van der Waals surface area contributed by atoms with E-state index >= 15 is 0 Å². The quantitative estimate of drug-likeness (QED) is 0.535. The van der Waals surface area contributed by atoms with E-state index in [-0.39, 0.29) is 17.9 Å². The predicted octanol–water partition coefficient (Wildman–Crippen LogP) is 2.41. The van der Waals surface area contributed by atoms with Crippen molar-refractivity contribution in [1.29, 1.82) is 0 Å². The van der Waals surface area contributed by atoms with Crippen LogP contribution in [0.4, 0.5) is 0 Å². The Labute approximate surface area is 96.3 Å². The predicted molar refractivity (Wildman–Crippen MR) is 58.5 cm³/mol. The summed E-state index contributed by atoms with van der Waals surface area (Å²) < 4.78 is 10.1. The van der Waals surface area contributed by atoms with E-state index in [2.05, 4.69) is 6.92 Å². The third-order valence-electron chi connectivity index (χ3n) is 2.81. The van der Waals surface area contributed by atoms with Gasteiger partial charge < -0.3 is 9.47 Å². The molecule has 16 heavy (non-hydrogen) atoms. The van der Waals surface area contributed by atoms with Crippen molar-refractivity contribution < 1.29 is 19.1 Å². The summed E-state index contributed by atoms with van der Waals surface area (Å²) in [6.45, 7) is 3.48. The Hall–Kier alpha value is -1.06. The molecule has 0 aromatic rings. The van der Waals surface area contributed by atoms with Crippen LogP contribution in [0, 0.1) is 5.92 Å². The van der Waals surface area contributed by atoms with Crippen LogP contribution in [0.5, 0.6) is 0 Å². The van der Waals surface area contributed by atoms with Gasteiger partial charge in [0.1, 0.15) is 0 Å². The van der Waals surface area contributed by atoms with Gasteiger partial charge in [0.05, 0.1) is 0 Å². The van der Waals surface area contributed by atoms with Gasteiger partial charge in [-0.2, -0.15) is 0 Å². The first-order chi connectivity index (χ1) is 7.63. The Morgan fingerprint density at radius 1 is 1.50 bits per heavy atom. The van der Waals surface area contributed by atoms with Crippen molar-refractivity contribution in [1.82, 2.24) is 0 Å². The highest BCUT2D eigenvalue weighted by Crippen LogP contribution is 2.27. The zero-order valence-electron chi connectivity index (χ0n) is 10.0. The number of unbranched alkanes of at least 4 members (excludes halogenated alkanes) is 2. The average molecular weight is 228 g/mol. The van der Waals surface area contributed by atoms with Crippen LogP contribution in [-0.2, 0) is 19.1 Å². The lowest BCUT2D eigenvalue weighted by atomic mass is 9.94. The van der Waals surface area contributed by atoms with Crippen molar-refractivity contribution in [2.45, 2.75) is 58.7 Å². The van der Waals surface area contributed by atoms with Gasteiger partial charge in [-0.1, -0.05) is 26.2 Å². The van der Waals surface area contributed by atoms with Crippen molar-refractivity contribution >= 4 is 11.9 Å². The number of esters is 2. The standard InChI is InChI=1S/C12H20O4/c1-3-4-5-6-10-7-8-11(14)16-12(10)15-9(2)13/h10,12H,3-8H2,1-2H3/t10-,12-/m1/s1. The van der Waals surface area contributed by atoms with Gasteiger partial charge in [0, 0.05) is 19.3 Å². The second-order valence-corrected chi connectivity index (χ2v) is 4.26. The van der Waals surface area contributed by atoms with Crippen molar-refractivity contribution in [2.24, 2.45) is 5.92 Å². The molecule has 0 unspecified atom stereocenters. The number of hydrogen-bond donors (Lipinski definition) is 0. The van der Waals surface area contributed by atoms with Gasteiger partial charge in [-0.25, -0.2) is 0 Å². The fraction of sp³-hybridized carbons (Fsp3) is 0.833. The lowest BCUT2D eigenvalue weighted by molar-refractivity contribution is -0.206.